The molecule has 0 saturated heterocycles. The highest BCUT2D eigenvalue weighted by Crippen LogP contribution is 2.45. The molecule has 0 spiro atoms. The average molecular weight is 532 g/mol. The van der Waals surface area contributed by atoms with E-state index in [4.69, 9.17) is 23.3 Å². The van der Waals surface area contributed by atoms with Gasteiger partial charge in [-0.05, 0) is 88.6 Å². The quantitative estimate of drug-likeness (QED) is 0.199. The Hall–Kier alpha value is -5.20. The molecule has 0 N–H and O–H groups in total. The van der Waals surface area contributed by atoms with Crippen molar-refractivity contribution in [1.82, 2.24) is 0 Å². The summed E-state index contributed by atoms with van der Waals surface area (Å²) in [5, 5.41) is -4.61. The first kappa shape index (κ1) is 8.91. The molecule has 0 aliphatic carbocycles. The average Bonchev–Trinajstić information content (AvgIpc) is 3.26. The summed E-state index contributed by atoms with van der Waals surface area (Å²) in [5.74, 6) is 0. The van der Waals surface area contributed by atoms with Crippen LogP contribution in [0, 0.1) is 0 Å². The van der Waals surface area contributed by atoms with Gasteiger partial charge in [0.25, 0.3) is 0 Å². The Morgan fingerprint density at radius 1 is 0.325 bits per heavy atom. The third kappa shape index (κ3) is 3.61. The Morgan fingerprint density at radius 2 is 0.875 bits per heavy atom. The van der Waals surface area contributed by atoms with Gasteiger partial charge in [-0.1, -0.05) is 145 Å². The van der Waals surface area contributed by atoms with Crippen molar-refractivity contribution in [3.63, 3.8) is 0 Å². The molecule has 0 atom stereocenters. The summed E-state index contributed by atoms with van der Waals surface area (Å²) in [6, 6.07) is -21.0. The largest absolute Gasteiger partial charge is 0.0636 e. The second-order valence-electron chi connectivity index (χ2n) is 8.58. The highest BCUT2D eigenvalue weighted by atomic mass is 14.2. The summed E-state index contributed by atoms with van der Waals surface area (Å²) in [7, 11) is 0. The van der Waals surface area contributed by atoms with Crippen molar-refractivity contribution in [2.45, 2.75) is 0 Å². The molecule has 0 aliphatic rings. The van der Waals surface area contributed by atoms with Crippen LogP contribution in [0.5, 0.6) is 0 Å². The fourth-order valence-corrected chi connectivity index (χ4v) is 4.69. The smallest absolute Gasteiger partial charge is 0.0616 e. The van der Waals surface area contributed by atoms with E-state index in [2.05, 4.69) is 0 Å². The fourth-order valence-electron chi connectivity index (χ4n) is 4.69. The van der Waals surface area contributed by atoms with Crippen LogP contribution in [0.25, 0.3) is 76.5 Å². The van der Waals surface area contributed by atoms with Crippen molar-refractivity contribution < 1.29 is 34.3 Å². The zero-order chi connectivity index (χ0) is 48.2. The Balaban J connectivity index is 1.73. The van der Waals surface area contributed by atoms with Gasteiger partial charge in [0.2, 0.25) is 0 Å². The molecular weight excluding hydrogens is 480 g/mol. The maximum atomic E-state index is 9.69. The van der Waals surface area contributed by atoms with Crippen molar-refractivity contribution in [1.29, 1.82) is 0 Å². The van der Waals surface area contributed by atoms with Gasteiger partial charge in [-0.15, -0.1) is 0 Å². The van der Waals surface area contributed by atoms with Crippen molar-refractivity contribution in [2.75, 3.05) is 0 Å². The van der Waals surface area contributed by atoms with Crippen LogP contribution in [0.4, 0.5) is 0 Å². The highest BCUT2D eigenvalue weighted by Gasteiger charge is 2.18. The van der Waals surface area contributed by atoms with Gasteiger partial charge < -0.3 is 0 Å². The lowest BCUT2D eigenvalue weighted by atomic mass is 9.84. The zero-order valence-corrected chi connectivity index (χ0v) is 20.1. The van der Waals surface area contributed by atoms with E-state index in [9.17, 15) is 11.0 Å². The van der Waals surface area contributed by atoms with E-state index in [1.165, 1.54) is 0 Å². The third-order valence-electron chi connectivity index (χ3n) is 6.39. The van der Waals surface area contributed by atoms with Gasteiger partial charge in [0.05, 0.1) is 34.3 Å². The molecule has 0 amide bonds. The molecule has 8 rings (SSSR count). The Kier molecular flexibility index (Phi) is 2.05. The molecule has 0 saturated carbocycles. The van der Waals surface area contributed by atoms with Crippen LogP contribution in [-0.2, 0) is 0 Å². The number of fused-ring (bicyclic) bond motifs is 4. The summed E-state index contributed by atoms with van der Waals surface area (Å²) in [6.45, 7) is 0. The Morgan fingerprint density at radius 3 is 1.65 bits per heavy atom. The minimum Gasteiger partial charge on any atom is -0.0616 e. The van der Waals surface area contributed by atoms with Crippen LogP contribution in [-0.4, -0.2) is 0 Å². The molecule has 40 heavy (non-hydrogen) atoms. The van der Waals surface area contributed by atoms with E-state index in [0.29, 0.717) is 0 Å². The number of benzene rings is 8. The third-order valence-corrected chi connectivity index (χ3v) is 6.39. The predicted octanol–water partition coefficient (Wildman–Crippen LogP) is 11.3. The lowest BCUT2D eigenvalue weighted by Gasteiger charge is -2.19. The molecular formula is C40H26. The van der Waals surface area contributed by atoms with Gasteiger partial charge in [-0.3, -0.25) is 0 Å². The normalized spacial score (nSPS) is 20.2. The summed E-state index contributed by atoms with van der Waals surface area (Å²) in [4.78, 5) is 0. The lowest BCUT2D eigenvalue weighted by molar-refractivity contribution is 1.63. The van der Waals surface area contributed by atoms with Crippen LogP contribution in [0.1, 0.15) is 34.3 Å². The molecule has 8 aromatic carbocycles. The van der Waals surface area contributed by atoms with Crippen LogP contribution in [0.15, 0.2) is 157 Å². The molecule has 0 heteroatoms. The number of hydrogen-bond donors (Lipinski definition) is 0. The Labute approximate surface area is 268 Å². The molecule has 0 heterocycles. The molecule has 0 unspecified atom stereocenters. The van der Waals surface area contributed by atoms with Crippen LogP contribution < -0.4 is 0 Å². The van der Waals surface area contributed by atoms with Crippen LogP contribution in [0.3, 0.4) is 0 Å². The summed E-state index contributed by atoms with van der Waals surface area (Å²) >= 11 is 0. The van der Waals surface area contributed by atoms with Crippen LogP contribution in [0.2, 0.25) is 0 Å². The molecule has 8 aromatic rings. The summed E-state index contributed by atoms with van der Waals surface area (Å²) in [6.07, 6.45) is 0. The minimum atomic E-state index is -1.04. The Bertz CT molecular complexity index is 3510. The fraction of sp³-hybridized carbons (Fsp3) is 0. The minimum absolute atomic E-state index is 0.347. The molecule has 186 valence electrons. The first-order chi connectivity index (χ1) is 30.3. The zero-order valence-electron chi connectivity index (χ0n) is 45.1. The molecule has 0 radical (unpaired) electrons. The monoisotopic (exact) mass is 531 g/mol. The molecule has 0 fully saturated rings. The standard InChI is InChI=1S/C40H26/c1-2-13-29-25-31(24-23-27(29)11-1)30-15-9-16-32(26-30)39-35-18-5-7-20-37(35)40(38-21-8-6-19-36(38)39)34-22-10-14-28-12-3-4-17-33(28)34/h1-26H/i1D,2D,3D,4D,5D,6D,7D,8D,9D,10D,11D,12D,13D,14D,15D,16D,18D,19D,20D,21D,22D,23D,24D,25D,26D. The van der Waals surface area contributed by atoms with E-state index in [1.807, 2.05) is 0 Å². The molecule has 0 aromatic heterocycles. The van der Waals surface area contributed by atoms with Gasteiger partial charge >= 0.3 is 0 Å². The van der Waals surface area contributed by atoms with E-state index in [-0.39, 0.29) is 5.39 Å². The second kappa shape index (κ2) is 9.22. The van der Waals surface area contributed by atoms with Crippen LogP contribution >= 0.6 is 0 Å². The molecule has 0 nitrogen and oxygen atoms in total. The first-order valence-electron chi connectivity index (χ1n) is 24.3. The van der Waals surface area contributed by atoms with Gasteiger partial charge in [0.15, 0.2) is 0 Å². The summed E-state index contributed by atoms with van der Waals surface area (Å²) in [5.41, 5.74) is -4.28. The van der Waals surface area contributed by atoms with Gasteiger partial charge in [-0.25, -0.2) is 0 Å². The SMILES string of the molecule is [2H]c1cc2c(-c3c4c([2H])c([2H])c([2H])c([2H])c4c(-c4c([2H])c([2H])c([2H])c(-c5c([2H])c([2H])c6c([2H])c([2H])c([2H])c([2H])c6c5[2H])c4[2H])c4c([2H])c([2H])c([2H])c([2H])c34)c([2H])c([2H])c([2H])c2c([2H])c1[2H]. The van der Waals surface area contributed by atoms with E-state index in [1.54, 1.807) is 0 Å². The van der Waals surface area contributed by atoms with E-state index < -0.39 is 222 Å². The van der Waals surface area contributed by atoms with Gasteiger partial charge in [-0.2, -0.15) is 0 Å². The lowest BCUT2D eigenvalue weighted by Crippen LogP contribution is -1.92. The van der Waals surface area contributed by atoms with Gasteiger partial charge in [0.1, 0.15) is 0 Å². The highest BCUT2D eigenvalue weighted by molar-refractivity contribution is 6.23. The van der Waals surface area contributed by atoms with Crippen molar-refractivity contribution in [3.8, 4) is 33.4 Å². The maximum absolute atomic E-state index is 9.69. The van der Waals surface area contributed by atoms with E-state index in [0.717, 1.165) is 6.07 Å². The topological polar surface area (TPSA) is 0 Å². The van der Waals surface area contributed by atoms with Crippen molar-refractivity contribution in [3.05, 3.63) is 157 Å². The second-order valence-corrected chi connectivity index (χ2v) is 8.58. The van der Waals surface area contributed by atoms with E-state index >= 15 is 0 Å². The number of rotatable bonds is 3. The number of hydrogen-bond acceptors (Lipinski definition) is 0. The maximum Gasteiger partial charge on any atom is 0.0636 e. The molecule has 0 bridgehead atoms. The van der Waals surface area contributed by atoms with Gasteiger partial charge in [0, 0.05) is 0 Å². The van der Waals surface area contributed by atoms with Crippen molar-refractivity contribution >= 4 is 43.1 Å². The molecule has 0 aliphatic heterocycles. The van der Waals surface area contributed by atoms with Crippen molar-refractivity contribution in [2.24, 2.45) is 0 Å². The first-order valence-corrected chi connectivity index (χ1v) is 11.8. The summed E-state index contributed by atoms with van der Waals surface area (Å²) < 4.78 is 222. The predicted molar refractivity (Wildman–Crippen MR) is 173 cm³/mol.